The van der Waals surface area contributed by atoms with Gasteiger partial charge in [-0.2, -0.15) is 4.31 Å². The first-order valence-electron chi connectivity index (χ1n) is 7.89. The van der Waals surface area contributed by atoms with Crippen LogP contribution in [0, 0.1) is 5.82 Å². The largest absolute Gasteiger partial charge is 0.221 e. The van der Waals surface area contributed by atoms with Crippen molar-refractivity contribution < 1.29 is 12.8 Å². The fraction of sp³-hybridized carbons (Fsp3) is 0.333. The van der Waals surface area contributed by atoms with Crippen LogP contribution in [0.25, 0.3) is 0 Å². The number of nitrogens with zero attached hydrogens (tertiary/aromatic N) is 1. The van der Waals surface area contributed by atoms with E-state index in [4.69, 9.17) is 0 Å². The molecule has 1 aliphatic heterocycles. The van der Waals surface area contributed by atoms with E-state index in [0.717, 1.165) is 12.0 Å². The van der Waals surface area contributed by atoms with Gasteiger partial charge in [0.05, 0.1) is 0 Å². The average molecular weight is 412 g/mol. The molecular formula is C18H19BrFNO2S. The molecule has 24 heavy (non-hydrogen) atoms. The normalized spacial score (nSPS) is 24.0. The Morgan fingerprint density at radius 1 is 1.17 bits per heavy atom. The molecule has 0 radical (unpaired) electrons. The molecule has 0 bridgehead atoms. The van der Waals surface area contributed by atoms with Crippen LogP contribution in [0.4, 0.5) is 4.39 Å². The molecule has 0 saturated carbocycles. The van der Waals surface area contributed by atoms with Crippen molar-refractivity contribution in [2.45, 2.75) is 37.6 Å². The minimum atomic E-state index is -3.54. The van der Waals surface area contributed by atoms with Crippen molar-refractivity contribution in [2.24, 2.45) is 0 Å². The molecule has 0 amide bonds. The number of hydrogen-bond donors (Lipinski definition) is 0. The van der Waals surface area contributed by atoms with Crippen molar-refractivity contribution in [2.75, 3.05) is 0 Å². The highest BCUT2D eigenvalue weighted by Crippen LogP contribution is 2.38. The quantitative estimate of drug-likeness (QED) is 0.737. The number of sulfonamides is 1. The minimum Gasteiger partial charge on any atom is -0.212 e. The van der Waals surface area contributed by atoms with Crippen LogP contribution >= 0.6 is 15.9 Å². The van der Waals surface area contributed by atoms with Gasteiger partial charge in [-0.05, 0) is 37.5 Å². The summed E-state index contributed by atoms with van der Waals surface area (Å²) in [5, 5.41) is -0.562. The van der Waals surface area contributed by atoms with Crippen LogP contribution in [0.2, 0.25) is 0 Å². The molecule has 1 unspecified atom stereocenters. The Kier molecular flexibility index (Phi) is 5.08. The van der Waals surface area contributed by atoms with Crippen molar-refractivity contribution in [3.63, 3.8) is 0 Å². The molecule has 6 heteroatoms. The summed E-state index contributed by atoms with van der Waals surface area (Å²) >= 11 is 3.22. The third kappa shape index (κ3) is 3.41. The molecule has 2 aromatic rings. The molecule has 1 heterocycles. The molecule has 128 valence electrons. The second-order valence-electron chi connectivity index (χ2n) is 6.15. The van der Waals surface area contributed by atoms with Crippen LogP contribution in [-0.4, -0.2) is 18.8 Å². The Morgan fingerprint density at radius 2 is 1.88 bits per heavy atom. The Bertz CT molecular complexity index is 826. The Morgan fingerprint density at radius 3 is 2.54 bits per heavy atom. The molecular weight excluding hydrogens is 393 g/mol. The summed E-state index contributed by atoms with van der Waals surface area (Å²) in [6.45, 7) is 1.95. The number of halogens is 2. The molecule has 3 nitrogen and oxygen atoms in total. The first-order valence-corrected chi connectivity index (χ1v) is 10.2. The first-order chi connectivity index (χ1) is 11.4. The van der Waals surface area contributed by atoms with Gasteiger partial charge in [-0.25, -0.2) is 12.8 Å². The van der Waals surface area contributed by atoms with E-state index in [-0.39, 0.29) is 12.6 Å². The third-order valence-electron chi connectivity index (χ3n) is 4.54. The van der Waals surface area contributed by atoms with Crippen molar-refractivity contribution in [3.8, 4) is 0 Å². The van der Waals surface area contributed by atoms with Gasteiger partial charge in [-0.15, -0.1) is 0 Å². The summed E-state index contributed by atoms with van der Waals surface area (Å²) in [6.07, 6.45) is 1.35. The maximum absolute atomic E-state index is 14.2. The van der Waals surface area contributed by atoms with Gasteiger partial charge in [0.2, 0.25) is 10.0 Å². The van der Waals surface area contributed by atoms with Crippen LogP contribution in [0.5, 0.6) is 0 Å². The monoisotopic (exact) mass is 411 g/mol. The zero-order valence-corrected chi connectivity index (χ0v) is 15.7. The predicted octanol–water partition coefficient (Wildman–Crippen LogP) is 4.64. The van der Waals surface area contributed by atoms with Crippen LogP contribution in [-0.2, 0) is 16.6 Å². The SMILES string of the molecule is C[C@H]1CCC(c2ccccc2)S(=O)(=O)N1Cc1ccc(Br)cc1F. The van der Waals surface area contributed by atoms with Crippen LogP contribution in [0.3, 0.4) is 0 Å². The summed E-state index contributed by atoms with van der Waals surface area (Å²) < 4.78 is 42.4. The van der Waals surface area contributed by atoms with E-state index >= 15 is 0 Å². The zero-order chi connectivity index (χ0) is 17.3. The van der Waals surface area contributed by atoms with Gasteiger partial charge in [0.25, 0.3) is 0 Å². The summed E-state index contributed by atoms with van der Waals surface area (Å²) in [5.74, 6) is -0.395. The van der Waals surface area contributed by atoms with E-state index in [1.165, 1.54) is 10.4 Å². The lowest BCUT2D eigenvalue weighted by Gasteiger charge is -2.37. The van der Waals surface area contributed by atoms with E-state index in [1.807, 2.05) is 37.3 Å². The molecule has 1 aliphatic rings. The van der Waals surface area contributed by atoms with Gasteiger partial charge in [-0.3, -0.25) is 0 Å². The molecule has 0 N–H and O–H groups in total. The molecule has 0 spiro atoms. The van der Waals surface area contributed by atoms with Gasteiger partial charge in [0.1, 0.15) is 11.1 Å². The summed E-state index contributed by atoms with van der Waals surface area (Å²) in [4.78, 5) is 0. The average Bonchev–Trinajstić information content (AvgIpc) is 2.53. The van der Waals surface area contributed by atoms with E-state index in [1.54, 1.807) is 12.1 Å². The molecule has 2 atom stereocenters. The second kappa shape index (κ2) is 6.94. The lowest BCUT2D eigenvalue weighted by Crippen LogP contribution is -2.44. The summed E-state index contributed by atoms with van der Waals surface area (Å²) in [6, 6.07) is 13.8. The van der Waals surface area contributed by atoms with Crippen LogP contribution in [0.1, 0.15) is 36.1 Å². The number of rotatable bonds is 3. The molecule has 0 aromatic heterocycles. The number of benzene rings is 2. The molecule has 0 aliphatic carbocycles. The molecule has 1 saturated heterocycles. The fourth-order valence-corrected chi connectivity index (χ4v) is 5.69. The Labute approximate surface area is 150 Å². The molecule has 1 fully saturated rings. The van der Waals surface area contributed by atoms with Gasteiger partial charge in [-0.1, -0.05) is 52.3 Å². The van der Waals surface area contributed by atoms with Crippen LogP contribution in [0.15, 0.2) is 53.0 Å². The van der Waals surface area contributed by atoms with E-state index < -0.39 is 21.1 Å². The van der Waals surface area contributed by atoms with Crippen molar-refractivity contribution in [1.29, 1.82) is 0 Å². The number of hydrogen-bond acceptors (Lipinski definition) is 2. The Balaban J connectivity index is 1.93. The lowest BCUT2D eigenvalue weighted by atomic mass is 10.0. The van der Waals surface area contributed by atoms with E-state index in [9.17, 15) is 12.8 Å². The highest BCUT2D eigenvalue weighted by molar-refractivity contribution is 9.10. The van der Waals surface area contributed by atoms with Gasteiger partial charge in [0, 0.05) is 22.6 Å². The Hall–Kier alpha value is -1.24. The van der Waals surface area contributed by atoms with Crippen molar-refractivity contribution >= 4 is 26.0 Å². The van der Waals surface area contributed by atoms with E-state index in [0.29, 0.717) is 16.5 Å². The highest BCUT2D eigenvalue weighted by Gasteiger charge is 2.40. The smallest absolute Gasteiger partial charge is 0.212 e. The maximum atomic E-state index is 14.2. The van der Waals surface area contributed by atoms with Gasteiger partial charge >= 0.3 is 0 Å². The first kappa shape index (κ1) is 17.6. The van der Waals surface area contributed by atoms with Gasteiger partial charge in [0.15, 0.2) is 0 Å². The zero-order valence-electron chi connectivity index (χ0n) is 13.3. The summed E-state index contributed by atoms with van der Waals surface area (Å²) in [7, 11) is -3.54. The van der Waals surface area contributed by atoms with E-state index in [2.05, 4.69) is 15.9 Å². The van der Waals surface area contributed by atoms with Crippen molar-refractivity contribution in [1.82, 2.24) is 4.31 Å². The highest BCUT2D eigenvalue weighted by atomic mass is 79.9. The molecule has 2 aromatic carbocycles. The third-order valence-corrected chi connectivity index (χ3v) is 7.40. The van der Waals surface area contributed by atoms with Gasteiger partial charge < -0.3 is 0 Å². The summed E-state index contributed by atoms with van der Waals surface area (Å²) in [5.41, 5.74) is 1.19. The standard InChI is InChI=1S/C18H19BrFNO2S/c1-13-7-10-18(14-5-3-2-4-6-14)24(22,23)21(13)12-15-8-9-16(19)11-17(15)20/h2-6,8-9,11,13,18H,7,10,12H2,1H3/t13-,18?/m0/s1. The topological polar surface area (TPSA) is 37.4 Å². The minimum absolute atomic E-state index is 0.0615. The van der Waals surface area contributed by atoms with Crippen LogP contribution < -0.4 is 0 Å². The van der Waals surface area contributed by atoms with Crippen molar-refractivity contribution in [3.05, 3.63) is 69.9 Å². The lowest BCUT2D eigenvalue weighted by molar-refractivity contribution is 0.279. The maximum Gasteiger partial charge on any atom is 0.221 e. The second-order valence-corrected chi connectivity index (χ2v) is 9.14. The fourth-order valence-electron chi connectivity index (χ4n) is 3.17. The molecule has 3 rings (SSSR count). The predicted molar refractivity (Wildman–Crippen MR) is 96.4 cm³/mol.